The second kappa shape index (κ2) is 10.2. The molecule has 186 valence electrons. The van der Waals surface area contributed by atoms with Gasteiger partial charge in [-0.3, -0.25) is 4.79 Å². The fourth-order valence-electron chi connectivity index (χ4n) is 4.75. The van der Waals surface area contributed by atoms with Gasteiger partial charge in [-0.15, -0.1) is 0 Å². The number of hydrogen-bond acceptors (Lipinski definition) is 8. The average molecular weight is 500 g/mol. The molecule has 9 nitrogen and oxygen atoms in total. The molecule has 2 aliphatic rings. The highest BCUT2D eigenvalue weighted by Gasteiger charge is 2.36. The van der Waals surface area contributed by atoms with Crippen LogP contribution in [-0.2, 0) is 30.8 Å². The third-order valence-electron chi connectivity index (χ3n) is 6.59. The highest BCUT2D eigenvalue weighted by molar-refractivity contribution is 7.95. The number of benzene rings is 1. The van der Waals surface area contributed by atoms with E-state index in [1.54, 1.807) is 36.7 Å². The van der Waals surface area contributed by atoms with E-state index in [1.807, 2.05) is 6.92 Å². The van der Waals surface area contributed by atoms with Crippen molar-refractivity contribution in [3.05, 3.63) is 34.4 Å². The van der Waals surface area contributed by atoms with E-state index in [4.69, 9.17) is 9.57 Å². The van der Waals surface area contributed by atoms with Crippen LogP contribution in [0.4, 0.5) is 0 Å². The van der Waals surface area contributed by atoms with Gasteiger partial charge in [0.05, 0.1) is 28.3 Å². The van der Waals surface area contributed by atoms with E-state index in [2.05, 4.69) is 10.3 Å². The molecule has 0 N–H and O–H groups in total. The van der Waals surface area contributed by atoms with Crippen molar-refractivity contribution in [2.75, 3.05) is 6.61 Å². The molecule has 2 heterocycles. The third-order valence-corrected chi connectivity index (χ3v) is 8.39. The maximum atomic E-state index is 13.0. The normalized spacial score (nSPS) is 18.7. The third kappa shape index (κ3) is 4.56. The number of nitrogens with zero attached hydrogens (tertiary/aromatic N) is 3. The molecule has 35 heavy (non-hydrogen) atoms. The predicted octanol–water partition coefficient (Wildman–Crippen LogP) is 4.00. The second-order valence-corrected chi connectivity index (χ2v) is 10.6. The Hall–Kier alpha value is -3.23. The average Bonchev–Trinajstić information content (AvgIpc) is 3.26. The van der Waals surface area contributed by atoms with Crippen LogP contribution < -0.4 is 4.74 Å². The fraction of sp³-hybridized carbons (Fsp3) is 0.480. The lowest BCUT2D eigenvalue weighted by atomic mass is 9.89. The molecule has 0 spiro atoms. The number of ether oxygens (including phenoxy) is 1. The van der Waals surface area contributed by atoms with Gasteiger partial charge >= 0.3 is 5.97 Å². The van der Waals surface area contributed by atoms with Crippen LogP contribution in [0.1, 0.15) is 63.5 Å². The summed E-state index contributed by atoms with van der Waals surface area (Å²) in [6, 6.07) is 3.09. The van der Waals surface area contributed by atoms with Crippen molar-refractivity contribution >= 4 is 27.5 Å². The Morgan fingerprint density at radius 2 is 1.94 bits per heavy atom. The summed E-state index contributed by atoms with van der Waals surface area (Å²) < 4.78 is 33.5. The number of fused-ring (bicyclic) bond motifs is 1. The van der Waals surface area contributed by atoms with E-state index in [0.29, 0.717) is 40.4 Å². The summed E-state index contributed by atoms with van der Waals surface area (Å²) in [5.41, 5.74) is 2.57. The molecule has 1 saturated carbocycles. The van der Waals surface area contributed by atoms with Crippen molar-refractivity contribution in [2.45, 2.75) is 70.7 Å². The molecule has 1 aromatic carbocycles. The molecule has 0 bridgehead atoms. The van der Waals surface area contributed by atoms with Gasteiger partial charge in [0.1, 0.15) is 17.5 Å². The zero-order chi connectivity index (χ0) is 25.2. The minimum Gasteiger partial charge on any atom is -0.407 e. The number of hydrogen-bond donors (Lipinski definition) is 0. The van der Waals surface area contributed by atoms with Gasteiger partial charge in [0.15, 0.2) is 0 Å². The molecule has 0 radical (unpaired) electrons. The standard InChI is InChI=1S/C25H29N3O6S/c1-4-28-24(34-25(30)17-9-7-6-8-10-17)20(14-26-28)19-11-12-22-23(16(19)3)21(27-33-5-2)13-18(15-29)35(22,31)32/h11-12,14,17H,4-10,13H2,1-3H3. The van der Waals surface area contributed by atoms with Crippen LogP contribution in [0.2, 0.25) is 0 Å². The Labute approximate surface area is 204 Å². The minimum absolute atomic E-state index is 0.0227. The van der Waals surface area contributed by atoms with Crippen molar-refractivity contribution < 1.29 is 27.6 Å². The number of sulfone groups is 1. The fourth-order valence-corrected chi connectivity index (χ4v) is 6.24. The maximum absolute atomic E-state index is 13.0. The second-order valence-electron chi connectivity index (χ2n) is 8.71. The quantitative estimate of drug-likeness (QED) is 0.335. The highest BCUT2D eigenvalue weighted by atomic mass is 32.2. The molecule has 2 aromatic rings. The van der Waals surface area contributed by atoms with Gasteiger partial charge in [-0.25, -0.2) is 17.9 Å². The van der Waals surface area contributed by atoms with Crippen molar-refractivity contribution in [3.63, 3.8) is 0 Å². The van der Waals surface area contributed by atoms with Crippen molar-refractivity contribution in [1.82, 2.24) is 9.78 Å². The molecule has 1 aliphatic heterocycles. The first kappa shape index (κ1) is 24.9. The van der Waals surface area contributed by atoms with Gasteiger partial charge < -0.3 is 9.57 Å². The van der Waals surface area contributed by atoms with Crippen LogP contribution in [0.3, 0.4) is 0 Å². The van der Waals surface area contributed by atoms with E-state index in [0.717, 1.165) is 32.1 Å². The number of rotatable bonds is 6. The summed E-state index contributed by atoms with van der Waals surface area (Å²) in [5.74, 6) is 1.49. The Morgan fingerprint density at radius 3 is 2.60 bits per heavy atom. The minimum atomic E-state index is -4.00. The van der Waals surface area contributed by atoms with Crippen LogP contribution in [0.25, 0.3) is 11.1 Å². The Bertz CT molecular complexity index is 1330. The number of esters is 1. The monoisotopic (exact) mass is 499 g/mol. The lowest BCUT2D eigenvalue weighted by Gasteiger charge is -2.23. The number of oxime groups is 1. The van der Waals surface area contributed by atoms with Crippen LogP contribution in [0.15, 0.2) is 33.3 Å². The molecule has 1 aromatic heterocycles. The number of aromatic nitrogens is 2. The highest BCUT2D eigenvalue weighted by Crippen LogP contribution is 2.40. The van der Waals surface area contributed by atoms with Gasteiger partial charge in [-0.05, 0) is 50.8 Å². The molecule has 4 rings (SSSR count). The summed E-state index contributed by atoms with van der Waals surface area (Å²) >= 11 is 0. The van der Waals surface area contributed by atoms with Crippen molar-refractivity contribution in [2.24, 2.45) is 11.1 Å². The summed E-state index contributed by atoms with van der Waals surface area (Å²) in [6.45, 7) is 6.22. The zero-order valence-corrected chi connectivity index (χ0v) is 21.0. The van der Waals surface area contributed by atoms with E-state index < -0.39 is 9.84 Å². The Morgan fingerprint density at radius 1 is 1.20 bits per heavy atom. The van der Waals surface area contributed by atoms with Gasteiger partial charge in [0, 0.05) is 18.5 Å². The molecule has 0 atom stereocenters. The van der Waals surface area contributed by atoms with Crippen molar-refractivity contribution in [1.29, 1.82) is 0 Å². The van der Waals surface area contributed by atoms with Gasteiger partial charge in [0.2, 0.25) is 15.7 Å². The number of allylic oxidation sites excluding steroid dienone is 1. The molecule has 1 aliphatic carbocycles. The first-order valence-corrected chi connectivity index (χ1v) is 13.4. The molecular formula is C25H29N3O6S. The van der Waals surface area contributed by atoms with Gasteiger partial charge in [-0.2, -0.15) is 5.10 Å². The van der Waals surface area contributed by atoms with E-state index in [9.17, 15) is 18.0 Å². The largest absolute Gasteiger partial charge is 0.407 e. The van der Waals surface area contributed by atoms with E-state index in [1.165, 1.54) is 6.07 Å². The lowest BCUT2D eigenvalue weighted by Crippen LogP contribution is -2.24. The molecule has 1 fully saturated rings. The first-order chi connectivity index (χ1) is 16.8. The topological polar surface area (TPSA) is 117 Å². The smallest absolute Gasteiger partial charge is 0.315 e. The lowest BCUT2D eigenvalue weighted by molar-refractivity contribution is -0.140. The first-order valence-electron chi connectivity index (χ1n) is 11.9. The van der Waals surface area contributed by atoms with Gasteiger partial charge in [0.25, 0.3) is 0 Å². The summed E-state index contributed by atoms with van der Waals surface area (Å²) in [4.78, 5) is 29.2. The molecule has 0 saturated heterocycles. The van der Waals surface area contributed by atoms with Crippen LogP contribution in [-0.4, -0.2) is 42.4 Å². The van der Waals surface area contributed by atoms with Crippen LogP contribution in [0.5, 0.6) is 5.88 Å². The Balaban J connectivity index is 1.83. The summed E-state index contributed by atoms with van der Waals surface area (Å²) in [5, 5.41) is 8.50. The van der Waals surface area contributed by atoms with Gasteiger partial charge in [-0.1, -0.05) is 30.5 Å². The Kier molecular flexibility index (Phi) is 7.23. The van der Waals surface area contributed by atoms with E-state index >= 15 is 0 Å². The van der Waals surface area contributed by atoms with Crippen LogP contribution >= 0.6 is 0 Å². The molecule has 10 heteroatoms. The van der Waals surface area contributed by atoms with Crippen molar-refractivity contribution in [3.8, 4) is 17.0 Å². The SMILES string of the molecule is CCON=C1CC(=C=O)S(=O)(=O)c2ccc(-c3cnn(CC)c3OC(=O)C3CCCCC3)c(C)c21. The molecule has 0 amide bonds. The number of aryl methyl sites for hydroxylation is 1. The number of carbonyl (C=O) groups is 1. The maximum Gasteiger partial charge on any atom is 0.315 e. The zero-order valence-electron chi connectivity index (χ0n) is 20.2. The molecule has 0 unspecified atom stereocenters. The summed E-state index contributed by atoms with van der Waals surface area (Å²) in [7, 11) is -4.00. The van der Waals surface area contributed by atoms with Crippen LogP contribution in [0, 0.1) is 12.8 Å². The summed E-state index contributed by atoms with van der Waals surface area (Å²) in [6.07, 6.45) is 6.19. The predicted molar refractivity (Wildman–Crippen MR) is 129 cm³/mol. The van der Waals surface area contributed by atoms with E-state index in [-0.39, 0.29) is 34.7 Å². The number of carbonyl (C=O) groups excluding carboxylic acids is 2. The molecular weight excluding hydrogens is 470 g/mol.